The maximum Gasteiger partial charge on any atom is 0.326 e. The molecular formula is C19H33N5O9S. The van der Waals surface area contributed by atoms with Gasteiger partial charge in [0.15, 0.2) is 0 Å². The van der Waals surface area contributed by atoms with Crippen molar-refractivity contribution in [2.24, 2.45) is 11.5 Å². The number of rotatable bonds is 18. The molecule has 15 heteroatoms. The van der Waals surface area contributed by atoms with Crippen molar-refractivity contribution in [3.05, 3.63) is 0 Å². The fraction of sp³-hybridized carbons (Fsp3) is 0.684. The SMILES string of the molecule is NCCCCC(NC(=O)C(N)CCC(=O)O)C(=O)NC(CS)C(=O)NC(CCC(=O)O)C(=O)O. The number of carbonyl (C=O) groups excluding carboxylic acids is 3. The molecule has 4 atom stereocenters. The highest BCUT2D eigenvalue weighted by atomic mass is 32.1. The van der Waals surface area contributed by atoms with Crippen molar-refractivity contribution in [3.8, 4) is 0 Å². The van der Waals surface area contributed by atoms with E-state index in [1.165, 1.54) is 0 Å². The fourth-order valence-electron chi connectivity index (χ4n) is 2.71. The maximum atomic E-state index is 12.8. The molecule has 0 aromatic heterocycles. The molecule has 0 aliphatic carbocycles. The molecule has 0 aromatic rings. The number of hydrogen-bond donors (Lipinski definition) is 9. The van der Waals surface area contributed by atoms with Gasteiger partial charge in [-0.05, 0) is 38.6 Å². The second-order valence-corrected chi connectivity index (χ2v) is 7.83. The summed E-state index contributed by atoms with van der Waals surface area (Å²) < 4.78 is 0. The summed E-state index contributed by atoms with van der Waals surface area (Å²) in [5.41, 5.74) is 11.1. The van der Waals surface area contributed by atoms with E-state index in [0.29, 0.717) is 19.4 Å². The summed E-state index contributed by atoms with van der Waals surface area (Å²) in [4.78, 5) is 70.2. The average Bonchev–Trinajstić information content (AvgIpc) is 2.76. The molecule has 0 saturated carbocycles. The van der Waals surface area contributed by atoms with Crippen molar-refractivity contribution in [1.82, 2.24) is 16.0 Å². The van der Waals surface area contributed by atoms with Crippen LogP contribution in [-0.2, 0) is 28.8 Å². The van der Waals surface area contributed by atoms with Gasteiger partial charge in [0.1, 0.15) is 18.1 Å². The number of carboxylic acid groups (broad SMARTS) is 3. The molecule has 14 nitrogen and oxygen atoms in total. The van der Waals surface area contributed by atoms with Gasteiger partial charge in [0.05, 0.1) is 6.04 Å². The monoisotopic (exact) mass is 507 g/mol. The third-order valence-electron chi connectivity index (χ3n) is 4.66. The van der Waals surface area contributed by atoms with Gasteiger partial charge in [-0.2, -0.15) is 12.6 Å². The third kappa shape index (κ3) is 13.0. The first-order valence-corrected chi connectivity index (χ1v) is 11.2. The largest absolute Gasteiger partial charge is 0.481 e. The predicted molar refractivity (Wildman–Crippen MR) is 122 cm³/mol. The average molecular weight is 508 g/mol. The van der Waals surface area contributed by atoms with E-state index in [4.69, 9.17) is 21.7 Å². The molecule has 0 aliphatic rings. The van der Waals surface area contributed by atoms with Gasteiger partial charge in [-0.25, -0.2) is 4.79 Å². The van der Waals surface area contributed by atoms with Gasteiger partial charge < -0.3 is 42.7 Å². The molecule has 0 aromatic carbocycles. The number of thiol groups is 1. The molecule has 194 valence electrons. The highest BCUT2D eigenvalue weighted by Gasteiger charge is 2.29. The Morgan fingerprint density at radius 2 is 1.21 bits per heavy atom. The quantitative estimate of drug-likeness (QED) is 0.0700. The molecule has 0 spiro atoms. The standard InChI is InChI=1S/C19H33N5O9S/c20-8-2-1-3-11(22-16(29)10(21)4-6-14(25)26)17(30)24-13(9-34)18(31)23-12(19(32)33)5-7-15(27)28/h10-13,34H,1-9,20-21H2,(H,22,29)(H,23,31)(H,24,30)(H,25,26)(H,27,28)(H,32,33). The summed E-state index contributed by atoms with van der Waals surface area (Å²) in [5, 5.41) is 33.6. The van der Waals surface area contributed by atoms with E-state index in [9.17, 15) is 33.9 Å². The summed E-state index contributed by atoms with van der Waals surface area (Å²) >= 11 is 4.00. The second kappa shape index (κ2) is 16.7. The summed E-state index contributed by atoms with van der Waals surface area (Å²) in [5.74, 6) is -6.44. The second-order valence-electron chi connectivity index (χ2n) is 7.46. The first-order valence-electron chi connectivity index (χ1n) is 10.6. The number of carboxylic acids is 3. The highest BCUT2D eigenvalue weighted by molar-refractivity contribution is 7.80. The molecular weight excluding hydrogens is 474 g/mol. The summed E-state index contributed by atoms with van der Waals surface area (Å²) in [6, 6.07) is -5.06. The lowest BCUT2D eigenvalue weighted by Gasteiger charge is -2.24. The fourth-order valence-corrected chi connectivity index (χ4v) is 2.97. The molecule has 4 unspecified atom stereocenters. The van der Waals surface area contributed by atoms with Crippen LogP contribution in [0.3, 0.4) is 0 Å². The van der Waals surface area contributed by atoms with Crippen LogP contribution in [0.25, 0.3) is 0 Å². The van der Waals surface area contributed by atoms with Gasteiger partial charge in [0.25, 0.3) is 0 Å². The molecule has 0 saturated heterocycles. The minimum atomic E-state index is -1.49. The van der Waals surface area contributed by atoms with Gasteiger partial charge in [0.2, 0.25) is 17.7 Å². The number of hydrogen-bond acceptors (Lipinski definition) is 9. The molecule has 0 fully saturated rings. The number of nitrogens with two attached hydrogens (primary N) is 2. The summed E-state index contributed by atoms with van der Waals surface area (Å²) in [7, 11) is 0. The lowest BCUT2D eigenvalue weighted by molar-refractivity contribution is -0.143. The minimum Gasteiger partial charge on any atom is -0.481 e. The van der Waals surface area contributed by atoms with E-state index in [-0.39, 0.29) is 31.4 Å². The van der Waals surface area contributed by atoms with E-state index in [0.717, 1.165) is 0 Å². The van der Waals surface area contributed by atoms with Crippen LogP contribution in [-0.4, -0.2) is 87.4 Å². The lowest BCUT2D eigenvalue weighted by atomic mass is 10.1. The first kappa shape index (κ1) is 31.1. The van der Waals surface area contributed by atoms with Crippen molar-refractivity contribution in [1.29, 1.82) is 0 Å². The Morgan fingerprint density at radius 1 is 0.706 bits per heavy atom. The van der Waals surface area contributed by atoms with Gasteiger partial charge in [-0.1, -0.05) is 0 Å². The zero-order valence-electron chi connectivity index (χ0n) is 18.6. The molecule has 0 radical (unpaired) electrons. The van der Waals surface area contributed by atoms with E-state index < -0.39 is 66.2 Å². The smallest absolute Gasteiger partial charge is 0.326 e. The first-order chi connectivity index (χ1) is 15.9. The Bertz CT molecular complexity index is 737. The zero-order valence-corrected chi connectivity index (χ0v) is 19.5. The molecule has 34 heavy (non-hydrogen) atoms. The molecule has 10 N–H and O–H groups in total. The number of unbranched alkanes of at least 4 members (excludes halogenated alkanes) is 1. The topological polar surface area (TPSA) is 251 Å². The summed E-state index contributed by atoms with van der Waals surface area (Å²) in [6.07, 6.45) is -0.196. The Morgan fingerprint density at radius 3 is 1.71 bits per heavy atom. The van der Waals surface area contributed by atoms with Crippen molar-refractivity contribution in [2.45, 2.75) is 69.1 Å². The highest BCUT2D eigenvalue weighted by Crippen LogP contribution is 2.05. The maximum absolute atomic E-state index is 12.8. The minimum absolute atomic E-state index is 0.146. The van der Waals surface area contributed by atoms with Crippen LogP contribution in [0.5, 0.6) is 0 Å². The molecule has 3 amide bonds. The Labute approximate surface area is 201 Å². The molecule has 0 rings (SSSR count). The van der Waals surface area contributed by atoms with Crippen molar-refractivity contribution >= 4 is 48.3 Å². The number of aliphatic carboxylic acids is 3. The van der Waals surface area contributed by atoms with Crippen LogP contribution in [0.15, 0.2) is 0 Å². The van der Waals surface area contributed by atoms with Crippen molar-refractivity contribution < 1.29 is 44.1 Å². The van der Waals surface area contributed by atoms with Crippen molar-refractivity contribution in [2.75, 3.05) is 12.3 Å². The van der Waals surface area contributed by atoms with Gasteiger partial charge in [-0.15, -0.1) is 0 Å². The Balaban J connectivity index is 5.24. The van der Waals surface area contributed by atoms with Gasteiger partial charge in [-0.3, -0.25) is 24.0 Å². The molecule has 0 bridgehead atoms. The summed E-state index contributed by atoms with van der Waals surface area (Å²) in [6.45, 7) is 0.342. The number of carbonyl (C=O) groups is 6. The van der Waals surface area contributed by atoms with Crippen LogP contribution >= 0.6 is 12.6 Å². The van der Waals surface area contributed by atoms with Crippen LogP contribution in [0.4, 0.5) is 0 Å². The number of amides is 3. The molecule has 0 heterocycles. The zero-order chi connectivity index (χ0) is 26.3. The predicted octanol–water partition coefficient (Wildman–Crippen LogP) is -2.36. The van der Waals surface area contributed by atoms with E-state index in [1.54, 1.807) is 0 Å². The normalized spacial score (nSPS) is 14.2. The number of nitrogens with one attached hydrogen (secondary N) is 3. The van der Waals surface area contributed by atoms with Crippen LogP contribution in [0, 0.1) is 0 Å². The van der Waals surface area contributed by atoms with Crippen LogP contribution in [0.1, 0.15) is 44.9 Å². The Kier molecular flexibility index (Phi) is 15.2. The van der Waals surface area contributed by atoms with Gasteiger partial charge >= 0.3 is 17.9 Å². The van der Waals surface area contributed by atoms with Crippen molar-refractivity contribution in [3.63, 3.8) is 0 Å². The lowest BCUT2D eigenvalue weighted by Crippen LogP contribution is -2.57. The van der Waals surface area contributed by atoms with Crippen LogP contribution in [0.2, 0.25) is 0 Å². The van der Waals surface area contributed by atoms with E-state index in [2.05, 4.69) is 28.6 Å². The van der Waals surface area contributed by atoms with Gasteiger partial charge in [0, 0.05) is 18.6 Å². The van der Waals surface area contributed by atoms with Crippen LogP contribution < -0.4 is 27.4 Å². The Hall–Kier alpha value is -2.91. The molecule has 0 aliphatic heterocycles. The van der Waals surface area contributed by atoms with E-state index in [1.807, 2.05) is 0 Å². The third-order valence-corrected chi connectivity index (χ3v) is 5.03. The van der Waals surface area contributed by atoms with E-state index >= 15 is 0 Å².